The topological polar surface area (TPSA) is 66.3 Å². The molecule has 0 aliphatic carbocycles. The lowest BCUT2D eigenvalue weighted by atomic mass is 10.1. The molecule has 1 N–H and O–H groups in total. The first-order chi connectivity index (χ1) is 15.1. The number of sulfone groups is 1. The second-order valence-corrected chi connectivity index (χ2v) is 10.4. The van der Waals surface area contributed by atoms with Gasteiger partial charge in [0.1, 0.15) is 5.76 Å². The average molecular weight is 435 g/mol. The van der Waals surface area contributed by atoms with Crippen LogP contribution in [-0.4, -0.2) is 43.2 Å². The number of nitrogens with one attached hydrogen (secondary N) is 1. The molecule has 1 aliphatic heterocycles. The summed E-state index contributed by atoms with van der Waals surface area (Å²) in [5, 5.41) is 0.962. The molecule has 4 aromatic rings. The van der Waals surface area contributed by atoms with Crippen molar-refractivity contribution in [3.05, 3.63) is 78.7 Å². The van der Waals surface area contributed by atoms with Crippen LogP contribution >= 0.6 is 0 Å². The van der Waals surface area contributed by atoms with E-state index in [1.54, 1.807) is 18.4 Å². The van der Waals surface area contributed by atoms with Crippen LogP contribution in [0.15, 0.2) is 82.4 Å². The highest BCUT2D eigenvalue weighted by molar-refractivity contribution is 7.92. The molecule has 2 aromatic heterocycles. The van der Waals surface area contributed by atoms with Crippen molar-refractivity contribution in [1.29, 1.82) is 0 Å². The number of benzene rings is 2. The number of fused-ring (bicyclic) bond motifs is 1. The minimum absolute atomic E-state index is 0.314. The number of para-hydroxylation sites is 1. The lowest BCUT2D eigenvalue weighted by Crippen LogP contribution is -2.40. The molecule has 0 amide bonds. The molecule has 1 saturated heterocycles. The summed E-state index contributed by atoms with van der Waals surface area (Å²) in [6.07, 6.45) is 6.03. The normalized spacial score (nSPS) is 16.1. The third-order valence-electron chi connectivity index (χ3n) is 6.33. The molecule has 0 radical (unpaired) electrons. The Morgan fingerprint density at radius 1 is 0.968 bits per heavy atom. The molecule has 2 aromatic carbocycles. The van der Waals surface area contributed by atoms with E-state index in [4.69, 9.17) is 4.42 Å². The Balaban J connectivity index is 1.19. The van der Waals surface area contributed by atoms with E-state index in [1.165, 1.54) is 16.5 Å². The van der Waals surface area contributed by atoms with E-state index in [2.05, 4.69) is 34.3 Å². The van der Waals surface area contributed by atoms with Gasteiger partial charge in [-0.2, -0.15) is 0 Å². The highest BCUT2D eigenvalue weighted by Gasteiger charge is 2.31. The van der Waals surface area contributed by atoms with Gasteiger partial charge in [0.05, 0.1) is 16.4 Å². The first kappa shape index (κ1) is 20.1. The van der Waals surface area contributed by atoms with Crippen LogP contribution in [0.1, 0.15) is 18.4 Å². The Morgan fingerprint density at radius 2 is 1.74 bits per heavy atom. The quantitative estimate of drug-likeness (QED) is 0.468. The molecule has 1 fully saturated rings. The summed E-state index contributed by atoms with van der Waals surface area (Å²) < 4.78 is 31.7. The van der Waals surface area contributed by atoms with E-state index < -0.39 is 9.84 Å². The number of piperidine rings is 1. The number of rotatable bonds is 6. The third kappa shape index (κ3) is 4.05. The highest BCUT2D eigenvalue weighted by Crippen LogP contribution is 2.28. The number of nitrogens with zero attached hydrogens (tertiary/aromatic N) is 1. The largest absolute Gasteiger partial charge is 0.464 e. The van der Waals surface area contributed by atoms with Gasteiger partial charge >= 0.3 is 0 Å². The summed E-state index contributed by atoms with van der Waals surface area (Å²) in [7, 11) is -3.32. The number of furan rings is 1. The zero-order valence-corrected chi connectivity index (χ0v) is 18.1. The number of hydrogen-bond acceptors (Lipinski definition) is 4. The maximum atomic E-state index is 13.1. The van der Waals surface area contributed by atoms with Crippen molar-refractivity contribution in [3.8, 4) is 11.3 Å². The molecule has 0 spiro atoms. The summed E-state index contributed by atoms with van der Waals surface area (Å²) in [6, 6.07) is 19.1. The number of H-pyrrole nitrogens is 1. The van der Waals surface area contributed by atoms with Crippen molar-refractivity contribution in [1.82, 2.24) is 9.88 Å². The summed E-state index contributed by atoms with van der Waals surface area (Å²) in [5.74, 6) is 0.743. The zero-order valence-electron chi connectivity index (χ0n) is 17.3. The van der Waals surface area contributed by atoms with Crippen LogP contribution < -0.4 is 0 Å². The van der Waals surface area contributed by atoms with Crippen molar-refractivity contribution < 1.29 is 12.8 Å². The fraction of sp³-hybridized carbons (Fsp3) is 0.280. The van der Waals surface area contributed by atoms with E-state index in [0.29, 0.717) is 17.7 Å². The molecule has 0 atom stereocenters. The molecule has 31 heavy (non-hydrogen) atoms. The number of aromatic amines is 1. The Labute approximate surface area is 182 Å². The highest BCUT2D eigenvalue weighted by atomic mass is 32.2. The molecule has 0 unspecified atom stereocenters. The van der Waals surface area contributed by atoms with Crippen LogP contribution in [0.5, 0.6) is 0 Å². The van der Waals surface area contributed by atoms with Gasteiger partial charge in [0.15, 0.2) is 9.84 Å². The molecule has 0 bridgehead atoms. The summed E-state index contributed by atoms with van der Waals surface area (Å²) in [6.45, 7) is 2.58. The summed E-state index contributed by atoms with van der Waals surface area (Å²) in [4.78, 5) is 6.12. The Kier molecular flexibility index (Phi) is 5.42. The van der Waals surface area contributed by atoms with E-state index in [-0.39, 0.29) is 5.25 Å². The standard InChI is InChI=1S/C25H26N2O3S/c28-31(29,21-9-7-19(8-10-21)25-6-3-17-30-25)22-12-15-27(16-13-22)14-11-20-18-26-24-5-2-1-4-23(20)24/h1-10,17-18,22,26H,11-16H2. The van der Waals surface area contributed by atoms with E-state index in [9.17, 15) is 8.42 Å². The van der Waals surface area contributed by atoms with Crippen molar-refractivity contribution >= 4 is 20.7 Å². The van der Waals surface area contributed by atoms with Gasteiger partial charge in [-0.05, 0) is 80.4 Å². The van der Waals surface area contributed by atoms with Crippen molar-refractivity contribution in [2.45, 2.75) is 29.4 Å². The first-order valence-corrected chi connectivity index (χ1v) is 12.3. The van der Waals surface area contributed by atoms with Crippen LogP contribution in [0.25, 0.3) is 22.2 Å². The van der Waals surface area contributed by atoms with Gasteiger partial charge in [0.25, 0.3) is 0 Å². The molecule has 6 heteroatoms. The van der Waals surface area contributed by atoms with Gasteiger partial charge in [-0.15, -0.1) is 0 Å². The van der Waals surface area contributed by atoms with Gasteiger partial charge in [-0.1, -0.05) is 18.2 Å². The van der Waals surface area contributed by atoms with E-state index >= 15 is 0 Å². The molecular weight excluding hydrogens is 408 g/mol. The van der Waals surface area contributed by atoms with Crippen molar-refractivity contribution in [3.63, 3.8) is 0 Å². The lowest BCUT2D eigenvalue weighted by molar-refractivity contribution is 0.232. The fourth-order valence-electron chi connectivity index (χ4n) is 4.50. The van der Waals surface area contributed by atoms with Gasteiger partial charge in [-0.3, -0.25) is 0 Å². The zero-order chi connectivity index (χ0) is 21.3. The predicted octanol–water partition coefficient (Wildman–Crippen LogP) is 4.91. The van der Waals surface area contributed by atoms with Crippen LogP contribution in [0.4, 0.5) is 0 Å². The fourth-order valence-corrected chi connectivity index (χ4v) is 6.24. The van der Waals surface area contributed by atoms with Gasteiger partial charge in [-0.25, -0.2) is 8.42 Å². The Morgan fingerprint density at radius 3 is 2.48 bits per heavy atom. The maximum absolute atomic E-state index is 13.1. The van der Waals surface area contributed by atoms with Crippen molar-refractivity contribution in [2.75, 3.05) is 19.6 Å². The molecular formula is C25H26N2O3S. The SMILES string of the molecule is O=S(=O)(c1ccc(-c2ccco2)cc1)C1CCN(CCc2c[nH]c3ccccc23)CC1. The summed E-state index contributed by atoms with van der Waals surface area (Å²) in [5.41, 5.74) is 3.37. The maximum Gasteiger partial charge on any atom is 0.181 e. The number of aromatic nitrogens is 1. The van der Waals surface area contributed by atoms with Crippen LogP contribution in [-0.2, 0) is 16.3 Å². The monoisotopic (exact) mass is 434 g/mol. The lowest BCUT2D eigenvalue weighted by Gasteiger charge is -2.31. The number of likely N-dealkylation sites (tertiary alicyclic amines) is 1. The molecule has 160 valence electrons. The molecule has 1 aliphatic rings. The van der Waals surface area contributed by atoms with Crippen molar-refractivity contribution in [2.24, 2.45) is 0 Å². The molecule has 5 nitrogen and oxygen atoms in total. The van der Waals surface area contributed by atoms with Crippen LogP contribution in [0.3, 0.4) is 0 Å². The smallest absolute Gasteiger partial charge is 0.181 e. The molecule has 5 rings (SSSR count). The second-order valence-electron chi connectivity index (χ2n) is 8.20. The first-order valence-electron chi connectivity index (χ1n) is 10.8. The number of hydrogen-bond donors (Lipinski definition) is 1. The predicted molar refractivity (Wildman–Crippen MR) is 123 cm³/mol. The summed E-state index contributed by atoms with van der Waals surface area (Å²) >= 11 is 0. The minimum Gasteiger partial charge on any atom is -0.464 e. The van der Waals surface area contributed by atoms with Gasteiger partial charge in [0.2, 0.25) is 0 Å². The van der Waals surface area contributed by atoms with E-state index in [1.807, 2.05) is 30.3 Å². The minimum atomic E-state index is -3.32. The second kappa shape index (κ2) is 8.36. The van der Waals surface area contributed by atoms with Crippen LogP contribution in [0, 0.1) is 0 Å². The van der Waals surface area contributed by atoms with Gasteiger partial charge < -0.3 is 14.3 Å². The van der Waals surface area contributed by atoms with Crippen LogP contribution in [0.2, 0.25) is 0 Å². The third-order valence-corrected chi connectivity index (χ3v) is 8.61. The molecule has 0 saturated carbocycles. The van der Waals surface area contributed by atoms with Gasteiger partial charge in [0, 0.05) is 29.2 Å². The average Bonchev–Trinajstić information content (AvgIpc) is 3.49. The molecule has 3 heterocycles. The Hall–Kier alpha value is -2.83. The van der Waals surface area contributed by atoms with E-state index in [0.717, 1.165) is 37.4 Å². The Bertz CT molecular complexity index is 1250.